The Kier molecular flexibility index (Phi) is 8.10. The average molecular weight is 427 g/mol. The zero-order valence-corrected chi connectivity index (χ0v) is 17.3. The number of aromatic nitrogens is 2. The third-order valence-corrected chi connectivity index (χ3v) is 5.23. The predicted molar refractivity (Wildman–Crippen MR) is 115 cm³/mol. The molecule has 3 aromatic rings. The summed E-state index contributed by atoms with van der Waals surface area (Å²) in [6.45, 7) is 2.03. The molecule has 156 valence electrons. The molecule has 10 heteroatoms. The van der Waals surface area contributed by atoms with Crippen LogP contribution in [0.3, 0.4) is 0 Å². The number of anilines is 3. The number of nitrogens with two attached hydrogens (primary N) is 1. The molecule has 0 saturated carbocycles. The van der Waals surface area contributed by atoms with Crippen molar-refractivity contribution in [3.63, 3.8) is 0 Å². The first-order chi connectivity index (χ1) is 14.4. The predicted octanol–water partition coefficient (Wildman–Crippen LogP) is 2.67. The molecule has 2 aromatic carbocycles. The van der Waals surface area contributed by atoms with Gasteiger partial charge in [0.25, 0.3) is 0 Å². The van der Waals surface area contributed by atoms with Gasteiger partial charge in [-0.3, -0.25) is 0 Å². The third-order valence-electron chi connectivity index (χ3n) is 3.67. The van der Waals surface area contributed by atoms with Gasteiger partial charge in [-0.1, -0.05) is 25.1 Å². The number of hydrogen-bond donors (Lipinski definition) is 3. The van der Waals surface area contributed by atoms with E-state index < -0.39 is 10.0 Å². The van der Waals surface area contributed by atoms with Gasteiger partial charge in [-0.05, 0) is 36.4 Å². The van der Waals surface area contributed by atoms with Crippen molar-refractivity contribution >= 4 is 27.5 Å². The average Bonchev–Trinajstić information content (AvgIpc) is 2.75. The van der Waals surface area contributed by atoms with Gasteiger partial charge in [-0.2, -0.15) is 10.2 Å². The maximum Gasteiger partial charge on any atom is 0.240 e. The van der Waals surface area contributed by atoms with Crippen molar-refractivity contribution in [2.24, 2.45) is 0 Å². The number of nitriles is 1. The number of para-hydroxylation sites is 1. The van der Waals surface area contributed by atoms with Crippen LogP contribution in [0.15, 0.2) is 65.7 Å². The fourth-order valence-electron chi connectivity index (χ4n) is 2.22. The lowest BCUT2D eigenvalue weighted by molar-refractivity contribution is 0.415. The van der Waals surface area contributed by atoms with Crippen molar-refractivity contribution < 1.29 is 13.2 Å². The van der Waals surface area contributed by atoms with Crippen LogP contribution in [0.4, 0.5) is 17.5 Å². The Balaban J connectivity index is 0.000000335. The van der Waals surface area contributed by atoms with Crippen LogP contribution in [0.25, 0.3) is 0 Å². The van der Waals surface area contributed by atoms with Crippen LogP contribution in [0, 0.1) is 11.3 Å². The summed E-state index contributed by atoms with van der Waals surface area (Å²) in [5, 5.41) is 11.6. The summed E-state index contributed by atoms with van der Waals surface area (Å²) < 4.78 is 30.9. The van der Waals surface area contributed by atoms with E-state index >= 15 is 0 Å². The normalized spacial score (nSPS) is 10.3. The number of ether oxygens (including phenoxy) is 1. The summed E-state index contributed by atoms with van der Waals surface area (Å²) in [7, 11) is -1.82. The quantitative estimate of drug-likeness (QED) is 0.546. The number of sulfonamides is 1. The van der Waals surface area contributed by atoms with Crippen molar-refractivity contribution in [1.82, 2.24) is 14.7 Å². The highest BCUT2D eigenvalue weighted by Crippen LogP contribution is 2.18. The first kappa shape index (κ1) is 22.6. The minimum Gasteiger partial charge on any atom is -0.497 e. The second-order valence-corrected chi connectivity index (χ2v) is 7.54. The summed E-state index contributed by atoms with van der Waals surface area (Å²) in [6, 6.07) is 17.7. The molecule has 1 aromatic heterocycles. The molecule has 1 heterocycles. The molecular formula is C20H22N6O3S. The molecule has 0 aliphatic rings. The van der Waals surface area contributed by atoms with E-state index in [0.29, 0.717) is 12.2 Å². The fourth-order valence-corrected chi connectivity index (χ4v) is 3.26. The lowest BCUT2D eigenvalue weighted by Crippen LogP contribution is -2.22. The molecule has 0 unspecified atom stereocenters. The molecule has 4 N–H and O–H groups in total. The van der Waals surface area contributed by atoms with Crippen molar-refractivity contribution in [3.05, 3.63) is 66.4 Å². The van der Waals surface area contributed by atoms with Crippen LogP contribution in [0.2, 0.25) is 0 Å². The van der Waals surface area contributed by atoms with Crippen LogP contribution in [0.5, 0.6) is 5.75 Å². The molecule has 9 nitrogen and oxygen atoms in total. The van der Waals surface area contributed by atoms with Gasteiger partial charge in [0.15, 0.2) is 0 Å². The highest BCUT2D eigenvalue weighted by atomic mass is 32.2. The molecule has 0 spiro atoms. The van der Waals surface area contributed by atoms with Crippen molar-refractivity contribution in [2.45, 2.75) is 11.8 Å². The molecule has 0 bridgehead atoms. The van der Waals surface area contributed by atoms with E-state index in [-0.39, 0.29) is 22.2 Å². The standard InChI is InChI=1S/C13H14N6O2S.C7H8O/c1-2-17-22(20,21)11-5-3-10(4-6-11)18-13-16-8-9(7-14)12(15)19-13;1-8-7-5-3-2-4-6-7/h3-6,8,17H,2H2,1H3,(H3,15,16,18,19);2-6H,1H3. The van der Waals surface area contributed by atoms with Gasteiger partial charge in [0.05, 0.1) is 18.2 Å². The molecule has 0 aliphatic heterocycles. The highest BCUT2D eigenvalue weighted by Gasteiger charge is 2.12. The number of nitrogens with zero attached hydrogens (tertiary/aromatic N) is 3. The molecule has 0 aliphatic carbocycles. The number of methoxy groups -OCH3 is 1. The molecule has 0 amide bonds. The topological polar surface area (TPSA) is 143 Å². The largest absolute Gasteiger partial charge is 0.497 e. The van der Waals surface area contributed by atoms with E-state index in [1.165, 1.54) is 18.3 Å². The monoisotopic (exact) mass is 426 g/mol. The Hall–Kier alpha value is -3.68. The van der Waals surface area contributed by atoms with Crippen molar-refractivity contribution in [1.29, 1.82) is 5.26 Å². The number of hydrogen-bond acceptors (Lipinski definition) is 8. The summed E-state index contributed by atoms with van der Waals surface area (Å²) in [5.74, 6) is 1.21. The van der Waals surface area contributed by atoms with Gasteiger partial charge in [-0.25, -0.2) is 18.1 Å². The molecule has 0 atom stereocenters. The van der Waals surface area contributed by atoms with E-state index in [0.717, 1.165) is 5.75 Å². The molecule has 30 heavy (non-hydrogen) atoms. The first-order valence-electron chi connectivity index (χ1n) is 8.88. The van der Waals surface area contributed by atoms with Crippen molar-refractivity contribution in [3.8, 4) is 11.8 Å². The Labute approximate surface area is 175 Å². The van der Waals surface area contributed by atoms with Gasteiger partial charge in [0.1, 0.15) is 23.2 Å². The summed E-state index contributed by atoms with van der Waals surface area (Å²) in [5.41, 5.74) is 6.39. The Bertz CT molecular complexity index is 1100. The van der Waals surface area contributed by atoms with E-state index in [9.17, 15) is 8.42 Å². The zero-order valence-electron chi connectivity index (χ0n) is 16.5. The molecular weight excluding hydrogens is 404 g/mol. The Morgan fingerprint density at radius 3 is 2.30 bits per heavy atom. The highest BCUT2D eigenvalue weighted by molar-refractivity contribution is 7.89. The second kappa shape index (κ2) is 10.8. The SMILES string of the molecule is CCNS(=O)(=O)c1ccc(Nc2ncc(C#N)c(N)n2)cc1.COc1ccccc1. The molecule has 0 radical (unpaired) electrons. The maximum absolute atomic E-state index is 11.8. The van der Waals surface area contributed by atoms with E-state index in [1.807, 2.05) is 36.4 Å². The number of benzene rings is 2. The van der Waals surface area contributed by atoms with Crippen LogP contribution in [-0.4, -0.2) is 32.0 Å². The third kappa shape index (κ3) is 6.44. The molecule has 3 rings (SSSR count). The zero-order chi connectivity index (χ0) is 22.0. The first-order valence-corrected chi connectivity index (χ1v) is 10.4. The van der Waals surface area contributed by atoms with Gasteiger partial charge >= 0.3 is 0 Å². The van der Waals surface area contributed by atoms with Gasteiger partial charge < -0.3 is 15.8 Å². The van der Waals surface area contributed by atoms with E-state index in [1.54, 1.807) is 26.2 Å². The van der Waals surface area contributed by atoms with Gasteiger partial charge in [0, 0.05) is 12.2 Å². The van der Waals surface area contributed by atoms with Gasteiger partial charge in [-0.15, -0.1) is 0 Å². The summed E-state index contributed by atoms with van der Waals surface area (Å²) in [4.78, 5) is 8.06. The smallest absolute Gasteiger partial charge is 0.240 e. The Morgan fingerprint density at radius 1 is 1.13 bits per heavy atom. The molecule has 0 saturated heterocycles. The molecule has 0 fully saturated rings. The second-order valence-electron chi connectivity index (χ2n) is 5.77. The van der Waals surface area contributed by atoms with Crippen molar-refractivity contribution in [2.75, 3.05) is 24.7 Å². The Morgan fingerprint density at radius 2 is 1.80 bits per heavy atom. The lowest BCUT2D eigenvalue weighted by Gasteiger charge is -2.08. The minimum atomic E-state index is -3.48. The van der Waals surface area contributed by atoms with Crippen LogP contribution < -0.4 is 20.5 Å². The van der Waals surface area contributed by atoms with Crippen LogP contribution in [-0.2, 0) is 10.0 Å². The number of nitrogens with one attached hydrogen (secondary N) is 2. The van der Waals surface area contributed by atoms with Gasteiger partial charge in [0.2, 0.25) is 16.0 Å². The number of rotatable bonds is 6. The maximum atomic E-state index is 11.8. The number of nitrogen functional groups attached to an aromatic ring is 1. The fraction of sp³-hybridized carbons (Fsp3) is 0.150. The van der Waals surface area contributed by atoms with Crippen LogP contribution in [0.1, 0.15) is 12.5 Å². The summed E-state index contributed by atoms with van der Waals surface area (Å²) >= 11 is 0. The van der Waals surface area contributed by atoms with E-state index in [2.05, 4.69) is 20.0 Å². The van der Waals surface area contributed by atoms with Crippen LogP contribution >= 0.6 is 0 Å². The summed E-state index contributed by atoms with van der Waals surface area (Å²) in [6.07, 6.45) is 1.31. The lowest BCUT2D eigenvalue weighted by atomic mass is 10.3. The minimum absolute atomic E-state index is 0.0753. The van der Waals surface area contributed by atoms with E-state index in [4.69, 9.17) is 15.7 Å².